The zero-order valence-electron chi connectivity index (χ0n) is 12.1. The van der Waals surface area contributed by atoms with Gasteiger partial charge in [-0.25, -0.2) is 8.42 Å². The highest BCUT2D eigenvalue weighted by atomic mass is 32.2. The summed E-state index contributed by atoms with van der Waals surface area (Å²) in [6.45, 7) is 3.39. The van der Waals surface area contributed by atoms with E-state index in [4.69, 9.17) is 0 Å². The van der Waals surface area contributed by atoms with Gasteiger partial charge in [-0.2, -0.15) is 4.31 Å². The number of hydrogen-bond acceptors (Lipinski definition) is 5. The van der Waals surface area contributed by atoms with Gasteiger partial charge in [0.1, 0.15) is 0 Å². The predicted octanol–water partition coefficient (Wildman–Crippen LogP) is 1.33. The number of nitro benzene ring substituents is 1. The van der Waals surface area contributed by atoms with Gasteiger partial charge in [0.05, 0.1) is 15.7 Å². The van der Waals surface area contributed by atoms with E-state index in [0.29, 0.717) is 0 Å². The second kappa shape index (κ2) is 5.33. The van der Waals surface area contributed by atoms with Crippen LogP contribution in [-0.2, 0) is 14.8 Å². The van der Waals surface area contributed by atoms with Crippen LogP contribution in [0.15, 0.2) is 29.2 Å². The summed E-state index contributed by atoms with van der Waals surface area (Å²) >= 11 is 0. The van der Waals surface area contributed by atoms with Gasteiger partial charge < -0.3 is 5.11 Å². The van der Waals surface area contributed by atoms with E-state index in [1.165, 1.54) is 0 Å². The lowest BCUT2D eigenvalue weighted by molar-refractivity contribution is -0.384. The van der Waals surface area contributed by atoms with Gasteiger partial charge in [0.2, 0.25) is 10.0 Å². The molecule has 1 heterocycles. The number of carboxylic acids is 1. The molecule has 1 aliphatic rings. The first-order chi connectivity index (χ1) is 10.1. The number of aliphatic carboxylic acids is 1. The van der Waals surface area contributed by atoms with Crippen molar-refractivity contribution in [2.45, 2.75) is 18.7 Å². The maximum atomic E-state index is 12.5. The minimum absolute atomic E-state index is 0.0834. The summed E-state index contributed by atoms with van der Waals surface area (Å²) in [5.74, 6) is -1.83. The molecule has 0 aliphatic carbocycles. The monoisotopic (exact) mass is 328 g/mol. The zero-order chi connectivity index (χ0) is 16.7. The second-order valence-corrected chi connectivity index (χ2v) is 7.87. The summed E-state index contributed by atoms with van der Waals surface area (Å²) in [5, 5.41) is 19.8. The first-order valence-corrected chi connectivity index (χ1v) is 7.97. The van der Waals surface area contributed by atoms with Gasteiger partial charge in [-0.3, -0.25) is 14.9 Å². The Labute approximate surface area is 127 Å². The highest BCUT2D eigenvalue weighted by molar-refractivity contribution is 7.89. The van der Waals surface area contributed by atoms with Crippen LogP contribution in [0.2, 0.25) is 0 Å². The molecule has 1 aromatic carbocycles. The maximum absolute atomic E-state index is 12.5. The lowest BCUT2D eigenvalue weighted by Crippen LogP contribution is -2.30. The van der Waals surface area contributed by atoms with Gasteiger partial charge in [0.15, 0.2) is 0 Å². The van der Waals surface area contributed by atoms with Crippen molar-refractivity contribution in [3.63, 3.8) is 0 Å². The van der Waals surface area contributed by atoms with Gasteiger partial charge >= 0.3 is 5.97 Å². The molecule has 0 aromatic heterocycles. The SMILES string of the molecule is CC1(C)CN(S(=O)(=O)c2ccc([N+](=O)[O-])cc2)C[C@H]1C(=O)O. The smallest absolute Gasteiger partial charge is 0.308 e. The normalized spacial score (nSPS) is 21.6. The number of benzene rings is 1. The van der Waals surface area contributed by atoms with E-state index in [1.807, 2.05) is 0 Å². The van der Waals surface area contributed by atoms with Crippen LogP contribution in [0.5, 0.6) is 0 Å². The van der Waals surface area contributed by atoms with Gasteiger partial charge in [0.25, 0.3) is 5.69 Å². The summed E-state index contributed by atoms with van der Waals surface area (Å²) < 4.78 is 26.2. The van der Waals surface area contributed by atoms with Crippen molar-refractivity contribution in [1.29, 1.82) is 0 Å². The molecule has 1 N–H and O–H groups in total. The van der Waals surface area contributed by atoms with E-state index >= 15 is 0 Å². The van der Waals surface area contributed by atoms with Gasteiger partial charge in [-0.05, 0) is 17.5 Å². The fraction of sp³-hybridized carbons (Fsp3) is 0.462. The Morgan fingerprint density at radius 1 is 1.36 bits per heavy atom. The van der Waals surface area contributed by atoms with Crippen LogP contribution in [0.25, 0.3) is 0 Å². The lowest BCUT2D eigenvalue weighted by atomic mass is 9.82. The molecule has 0 unspecified atom stereocenters. The van der Waals surface area contributed by atoms with Crippen LogP contribution in [0.3, 0.4) is 0 Å². The Hall–Kier alpha value is -2.00. The number of rotatable bonds is 4. The Morgan fingerprint density at radius 2 is 1.91 bits per heavy atom. The first kappa shape index (κ1) is 16.4. The quantitative estimate of drug-likeness (QED) is 0.658. The number of sulfonamides is 1. The standard InChI is InChI=1S/C13H16N2O6S/c1-13(2)8-14(7-11(13)12(16)17)22(20,21)10-5-3-9(4-6-10)15(18)19/h3-6,11H,7-8H2,1-2H3,(H,16,17)/t11-/m0/s1. The van der Waals surface area contributed by atoms with Crippen molar-refractivity contribution in [3.8, 4) is 0 Å². The Kier molecular flexibility index (Phi) is 3.96. The molecule has 1 atom stereocenters. The third-order valence-electron chi connectivity index (χ3n) is 3.90. The molecule has 9 heteroatoms. The molecule has 0 amide bonds. The molecule has 1 aliphatic heterocycles. The van der Waals surface area contributed by atoms with Crippen LogP contribution in [-0.4, -0.2) is 41.8 Å². The molecule has 0 spiro atoms. The summed E-state index contributed by atoms with van der Waals surface area (Å²) in [7, 11) is -3.87. The number of carbonyl (C=O) groups is 1. The van der Waals surface area contributed by atoms with E-state index < -0.39 is 32.2 Å². The number of non-ortho nitro benzene ring substituents is 1. The minimum atomic E-state index is -3.87. The molecule has 0 radical (unpaired) electrons. The third kappa shape index (κ3) is 2.81. The predicted molar refractivity (Wildman–Crippen MR) is 76.8 cm³/mol. The molecular formula is C13H16N2O6S. The Morgan fingerprint density at radius 3 is 2.32 bits per heavy atom. The highest BCUT2D eigenvalue weighted by Crippen LogP contribution is 2.38. The van der Waals surface area contributed by atoms with Crippen molar-refractivity contribution in [2.75, 3.05) is 13.1 Å². The summed E-state index contributed by atoms with van der Waals surface area (Å²) in [6, 6.07) is 4.55. The van der Waals surface area contributed by atoms with E-state index in [9.17, 15) is 28.4 Å². The lowest BCUT2D eigenvalue weighted by Gasteiger charge is -2.22. The number of nitro groups is 1. The Bertz CT molecular complexity index is 711. The average molecular weight is 328 g/mol. The molecule has 0 saturated carbocycles. The molecule has 1 saturated heterocycles. The van der Waals surface area contributed by atoms with Crippen molar-refractivity contribution in [3.05, 3.63) is 34.4 Å². The largest absolute Gasteiger partial charge is 0.481 e. The fourth-order valence-electron chi connectivity index (χ4n) is 2.56. The molecule has 22 heavy (non-hydrogen) atoms. The van der Waals surface area contributed by atoms with Crippen LogP contribution in [0.4, 0.5) is 5.69 Å². The summed E-state index contributed by atoms with van der Waals surface area (Å²) in [6.07, 6.45) is 0. The average Bonchev–Trinajstić information content (AvgIpc) is 2.75. The topological polar surface area (TPSA) is 118 Å². The Balaban J connectivity index is 2.32. The van der Waals surface area contributed by atoms with E-state index in [1.54, 1.807) is 13.8 Å². The summed E-state index contributed by atoms with van der Waals surface area (Å²) in [5.41, 5.74) is -0.885. The molecule has 0 bridgehead atoms. The van der Waals surface area contributed by atoms with E-state index in [2.05, 4.69) is 0 Å². The maximum Gasteiger partial charge on any atom is 0.308 e. The van der Waals surface area contributed by atoms with Gasteiger partial charge in [0, 0.05) is 25.2 Å². The molecule has 1 aromatic rings. The van der Waals surface area contributed by atoms with Crippen LogP contribution < -0.4 is 0 Å². The fourth-order valence-corrected chi connectivity index (χ4v) is 4.19. The molecule has 120 valence electrons. The van der Waals surface area contributed by atoms with E-state index in [0.717, 1.165) is 28.6 Å². The molecule has 2 rings (SSSR count). The first-order valence-electron chi connectivity index (χ1n) is 6.53. The number of nitrogens with zero attached hydrogens (tertiary/aromatic N) is 2. The summed E-state index contributed by atoms with van der Waals surface area (Å²) in [4.78, 5) is 21.2. The van der Waals surface area contributed by atoms with Crippen molar-refractivity contribution in [2.24, 2.45) is 11.3 Å². The van der Waals surface area contributed by atoms with Crippen molar-refractivity contribution < 1.29 is 23.2 Å². The number of hydrogen-bond donors (Lipinski definition) is 1. The second-order valence-electron chi connectivity index (χ2n) is 5.93. The zero-order valence-corrected chi connectivity index (χ0v) is 12.9. The molecular weight excluding hydrogens is 312 g/mol. The van der Waals surface area contributed by atoms with Crippen molar-refractivity contribution in [1.82, 2.24) is 4.31 Å². The van der Waals surface area contributed by atoms with Crippen LogP contribution in [0.1, 0.15) is 13.8 Å². The molecule has 8 nitrogen and oxygen atoms in total. The van der Waals surface area contributed by atoms with Gasteiger partial charge in [-0.1, -0.05) is 13.8 Å². The minimum Gasteiger partial charge on any atom is -0.481 e. The highest BCUT2D eigenvalue weighted by Gasteiger charge is 2.47. The van der Waals surface area contributed by atoms with Crippen molar-refractivity contribution >= 4 is 21.7 Å². The van der Waals surface area contributed by atoms with Crippen LogP contribution in [0, 0.1) is 21.4 Å². The number of carboxylic acid groups (broad SMARTS) is 1. The molecule has 1 fully saturated rings. The van der Waals surface area contributed by atoms with Gasteiger partial charge in [-0.15, -0.1) is 0 Å². The third-order valence-corrected chi connectivity index (χ3v) is 5.72. The van der Waals surface area contributed by atoms with E-state index in [-0.39, 0.29) is 23.7 Å². The van der Waals surface area contributed by atoms with Crippen LogP contribution >= 0.6 is 0 Å².